The molecular weight excluding hydrogens is 402 g/mol. The number of hydrogen-bond acceptors (Lipinski definition) is 4. The van der Waals surface area contributed by atoms with Crippen molar-refractivity contribution in [2.45, 2.75) is 45.3 Å². The summed E-state index contributed by atoms with van der Waals surface area (Å²) in [7, 11) is 0. The van der Waals surface area contributed by atoms with Crippen LogP contribution in [0.5, 0.6) is 11.5 Å². The van der Waals surface area contributed by atoms with Crippen molar-refractivity contribution >= 4 is 17.6 Å². The fraction of sp³-hybridized carbons (Fsp3) is 0.458. The van der Waals surface area contributed by atoms with E-state index in [0.29, 0.717) is 32.1 Å². The molecule has 1 saturated heterocycles. The molecule has 0 amide bonds. The molecule has 2 heterocycles. The first kappa shape index (κ1) is 21.0. The first-order valence-corrected chi connectivity index (χ1v) is 11.0. The number of fused-ring (bicyclic) bond motifs is 1. The number of piperidine rings is 1. The van der Waals surface area contributed by atoms with E-state index in [0.717, 1.165) is 48.0 Å². The largest absolute Gasteiger partial charge is 0.492 e. The molecule has 2 aliphatic rings. The first-order valence-electron chi connectivity index (χ1n) is 10.7. The van der Waals surface area contributed by atoms with E-state index in [1.807, 2.05) is 24.3 Å². The Bertz CT molecular complexity index is 908. The van der Waals surface area contributed by atoms with Gasteiger partial charge in [-0.05, 0) is 62.0 Å². The fourth-order valence-electron chi connectivity index (χ4n) is 4.42. The molecule has 5 nitrogen and oxygen atoms in total. The van der Waals surface area contributed by atoms with E-state index in [-0.39, 0.29) is 5.92 Å². The van der Waals surface area contributed by atoms with E-state index in [2.05, 4.69) is 24.0 Å². The number of ether oxygens (including phenoxy) is 2. The van der Waals surface area contributed by atoms with E-state index in [1.54, 1.807) is 0 Å². The topological polar surface area (TPSA) is 59.0 Å². The molecule has 0 radical (unpaired) electrons. The van der Waals surface area contributed by atoms with Gasteiger partial charge in [-0.3, -0.25) is 9.69 Å². The lowest BCUT2D eigenvalue weighted by molar-refractivity contribution is -0.143. The molecule has 0 spiro atoms. The molecule has 160 valence electrons. The third-order valence-corrected chi connectivity index (χ3v) is 6.65. The SMILES string of the molecule is CCc1cccc(Cl)c1COc1ccc2c(c1)OCC(N1CCC(C(=O)O)CC1)C2. The maximum absolute atomic E-state index is 11.2. The van der Waals surface area contributed by atoms with Crippen LogP contribution < -0.4 is 9.47 Å². The number of hydrogen-bond donors (Lipinski definition) is 1. The second kappa shape index (κ2) is 9.27. The monoisotopic (exact) mass is 429 g/mol. The highest BCUT2D eigenvalue weighted by atomic mass is 35.5. The third kappa shape index (κ3) is 4.57. The maximum atomic E-state index is 11.2. The number of aryl methyl sites for hydroxylation is 1. The van der Waals surface area contributed by atoms with E-state index in [4.69, 9.17) is 21.1 Å². The quantitative estimate of drug-likeness (QED) is 0.728. The summed E-state index contributed by atoms with van der Waals surface area (Å²) in [4.78, 5) is 13.5. The van der Waals surface area contributed by atoms with Gasteiger partial charge in [-0.2, -0.15) is 0 Å². The van der Waals surface area contributed by atoms with Crippen molar-refractivity contribution in [3.63, 3.8) is 0 Å². The van der Waals surface area contributed by atoms with Crippen LogP contribution in [0.15, 0.2) is 36.4 Å². The minimum absolute atomic E-state index is 0.205. The van der Waals surface area contributed by atoms with Gasteiger partial charge in [0.2, 0.25) is 0 Å². The van der Waals surface area contributed by atoms with Crippen LogP contribution in [0, 0.1) is 5.92 Å². The lowest BCUT2D eigenvalue weighted by atomic mass is 9.94. The smallest absolute Gasteiger partial charge is 0.306 e. The van der Waals surface area contributed by atoms with Gasteiger partial charge in [0.1, 0.15) is 24.7 Å². The van der Waals surface area contributed by atoms with Crippen LogP contribution in [0.1, 0.15) is 36.5 Å². The molecule has 2 aromatic rings. The summed E-state index contributed by atoms with van der Waals surface area (Å²) < 4.78 is 12.1. The maximum Gasteiger partial charge on any atom is 0.306 e. The molecule has 0 aliphatic carbocycles. The van der Waals surface area contributed by atoms with Gasteiger partial charge in [-0.25, -0.2) is 0 Å². The van der Waals surface area contributed by atoms with Crippen molar-refractivity contribution in [1.82, 2.24) is 4.90 Å². The fourth-order valence-corrected chi connectivity index (χ4v) is 4.67. The molecule has 30 heavy (non-hydrogen) atoms. The Morgan fingerprint density at radius 3 is 2.80 bits per heavy atom. The van der Waals surface area contributed by atoms with E-state index in [1.165, 1.54) is 11.1 Å². The van der Waals surface area contributed by atoms with Gasteiger partial charge in [0, 0.05) is 22.7 Å². The molecule has 2 aromatic carbocycles. The minimum atomic E-state index is -0.671. The Morgan fingerprint density at radius 2 is 2.07 bits per heavy atom. The predicted octanol–water partition coefficient (Wildman–Crippen LogP) is 4.58. The average molecular weight is 430 g/mol. The first-order chi connectivity index (χ1) is 14.5. The zero-order valence-corrected chi connectivity index (χ0v) is 18.0. The summed E-state index contributed by atoms with van der Waals surface area (Å²) in [5, 5.41) is 9.92. The molecule has 4 rings (SSSR count). The van der Waals surface area contributed by atoms with E-state index in [9.17, 15) is 9.90 Å². The van der Waals surface area contributed by atoms with Gasteiger partial charge in [-0.15, -0.1) is 0 Å². The van der Waals surface area contributed by atoms with Crippen LogP contribution in [-0.4, -0.2) is 41.7 Å². The summed E-state index contributed by atoms with van der Waals surface area (Å²) in [6.45, 7) is 4.81. The van der Waals surface area contributed by atoms with Crippen molar-refractivity contribution in [2.24, 2.45) is 5.92 Å². The number of benzene rings is 2. The molecule has 2 aliphatic heterocycles. The zero-order chi connectivity index (χ0) is 21.1. The number of halogens is 1. The molecule has 0 aromatic heterocycles. The Morgan fingerprint density at radius 1 is 1.27 bits per heavy atom. The van der Waals surface area contributed by atoms with Gasteiger partial charge in [0.05, 0.1) is 5.92 Å². The van der Waals surface area contributed by atoms with Crippen molar-refractivity contribution in [2.75, 3.05) is 19.7 Å². The van der Waals surface area contributed by atoms with Crippen LogP contribution in [0.2, 0.25) is 5.02 Å². The molecule has 0 bridgehead atoms. The third-order valence-electron chi connectivity index (χ3n) is 6.30. The zero-order valence-electron chi connectivity index (χ0n) is 17.3. The standard InChI is InChI=1S/C24H28ClNO4/c1-2-16-4-3-5-22(25)21(16)15-29-20-7-6-18-12-19(14-30-23(18)13-20)26-10-8-17(9-11-26)24(27)28/h3-7,13,17,19H,2,8-12,14-15H2,1H3,(H,27,28). The van der Waals surface area contributed by atoms with Crippen LogP contribution in [0.4, 0.5) is 0 Å². The van der Waals surface area contributed by atoms with E-state index >= 15 is 0 Å². The Labute approximate surface area is 182 Å². The Kier molecular flexibility index (Phi) is 6.49. The summed E-state index contributed by atoms with van der Waals surface area (Å²) in [5.74, 6) is 0.773. The second-order valence-electron chi connectivity index (χ2n) is 8.11. The predicted molar refractivity (Wildman–Crippen MR) is 117 cm³/mol. The Hall–Kier alpha value is -2.24. The highest BCUT2D eigenvalue weighted by molar-refractivity contribution is 6.31. The number of carboxylic acid groups (broad SMARTS) is 1. The van der Waals surface area contributed by atoms with Crippen molar-refractivity contribution in [3.8, 4) is 11.5 Å². The lowest BCUT2D eigenvalue weighted by Crippen LogP contribution is -2.47. The molecule has 1 fully saturated rings. The van der Waals surface area contributed by atoms with Gasteiger partial charge in [0.15, 0.2) is 0 Å². The molecule has 0 saturated carbocycles. The normalized spacial score (nSPS) is 19.7. The molecule has 1 atom stereocenters. The average Bonchev–Trinajstić information content (AvgIpc) is 2.77. The van der Waals surface area contributed by atoms with E-state index < -0.39 is 5.97 Å². The van der Waals surface area contributed by atoms with Crippen LogP contribution in [0.3, 0.4) is 0 Å². The summed E-state index contributed by atoms with van der Waals surface area (Å²) in [6, 6.07) is 12.3. The number of likely N-dealkylation sites (tertiary alicyclic amines) is 1. The lowest BCUT2D eigenvalue weighted by Gasteiger charge is -2.38. The molecule has 1 N–H and O–H groups in total. The van der Waals surface area contributed by atoms with Crippen LogP contribution in [-0.2, 0) is 24.2 Å². The van der Waals surface area contributed by atoms with Gasteiger partial charge < -0.3 is 14.6 Å². The summed E-state index contributed by atoms with van der Waals surface area (Å²) in [5.41, 5.74) is 3.40. The Balaban J connectivity index is 1.37. The van der Waals surface area contributed by atoms with Crippen molar-refractivity contribution in [3.05, 3.63) is 58.1 Å². The highest BCUT2D eigenvalue weighted by Crippen LogP contribution is 2.32. The number of carbonyl (C=O) groups is 1. The van der Waals surface area contributed by atoms with Crippen LogP contribution >= 0.6 is 11.6 Å². The molecular formula is C24H28ClNO4. The number of aliphatic carboxylic acids is 1. The van der Waals surface area contributed by atoms with Crippen LogP contribution in [0.25, 0.3) is 0 Å². The number of carboxylic acids is 1. The molecule has 1 unspecified atom stereocenters. The van der Waals surface area contributed by atoms with Crippen molar-refractivity contribution < 1.29 is 19.4 Å². The minimum Gasteiger partial charge on any atom is -0.492 e. The molecule has 6 heteroatoms. The van der Waals surface area contributed by atoms with Gasteiger partial charge in [0.25, 0.3) is 0 Å². The summed E-state index contributed by atoms with van der Waals surface area (Å²) in [6.07, 6.45) is 3.26. The highest BCUT2D eigenvalue weighted by Gasteiger charge is 2.31. The van der Waals surface area contributed by atoms with Gasteiger partial charge in [-0.1, -0.05) is 36.7 Å². The van der Waals surface area contributed by atoms with Gasteiger partial charge >= 0.3 is 5.97 Å². The van der Waals surface area contributed by atoms with Crippen molar-refractivity contribution in [1.29, 1.82) is 0 Å². The summed E-state index contributed by atoms with van der Waals surface area (Å²) >= 11 is 6.36. The number of nitrogens with zero attached hydrogens (tertiary/aromatic N) is 1. The number of rotatable bonds is 6. The second-order valence-corrected chi connectivity index (χ2v) is 8.51.